The Morgan fingerprint density at radius 1 is 0.302 bits per heavy atom. The number of ether oxygens (including phenoxy) is 1. The monoisotopic (exact) mass is 546 g/mol. The van der Waals surface area contributed by atoms with Gasteiger partial charge in [-0.15, -0.1) is 0 Å². The van der Waals surface area contributed by atoms with Crippen LogP contribution in [0.25, 0.3) is 76.8 Å². The van der Waals surface area contributed by atoms with E-state index >= 15 is 0 Å². The van der Waals surface area contributed by atoms with Gasteiger partial charge in [0.2, 0.25) is 0 Å². The number of fused-ring (bicyclic) bond motifs is 5. The molecule has 1 aliphatic rings. The van der Waals surface area contributed by atoms with Crippen LogP contribution in [0.2, 0.25) is 0 Å². The van der Waals surface area contributed by atoms with Crippen molar-refractivity contribution >= 4 is 32.3 Å². The van der Waals surface area contributed by atoms with Crippen LogP contribution in [-0.2, 0) is 0 Å². The van der Waals surface area contributed by atoms with Gasteiger partial charge in [0.25, 0.3) is 0 Å². The zero-order chi connectivity index (χ0) is 28.3. The molecule has 1 heterocycles. The lowest BCUT2D eigenvalue weighted by Gasteiger charge is -2.22. The highest BCUT2D eigenvalue weighted by molar-refractivity contribution is 6.18. The largest absolute Gasteiger partial charge is 0.456 e. The molecule has 0 unspecified atom stereocenters. The maximum absolute atomic E-state index is 6.34. The highest BCUT2D eigenvalue weighted by atomic mass is 16.5. The van der Waals surface area contributed by atoms with Crippen LogP contribution in [-0.4, -0.2) is 0 Å². The van der Waals surface area contributed by atoms with Gasteiger partial charge < -0.3 is 4.74 Å². The Kier molecular flexibility index (Phi) is 5.27. The van der Waals surface area contributed by atoms with Crippen LogP contribution in [0.3, 0.4) is 0 Å². The molecule has 1 aliphatic heterocycles. The van der Waals surface area contributed by atoms with Crippen LogP contribution in [0.5, 0.6) is 11.5 Å². The van der Waals surface area contributed by atoms with E-state index in [2.05, 4.69) is 158 Å². The standard InChI is InChI=1S/C42H26O/c1-2-9-28(10-3-1)37-26-32-11-4-5-14-33(32)35-17-8-15-34(42(35)37)29-21-19-27(20-22-29)31-23-24-39-38(25-31)36-16-6-12-30-13-7-18-40(43-39)41(30)36/h1-26H. The highest BCUT2D eigenvalue weighted by Crippen LogP contribution is 2.47. The third-order valence-corrected chi connectivity index (χ3v) is 8.85. The van der Waals surface area contributed by atoms with Gasteiger partial charge in [-0.1, -0.05) is 133 Å². The lowest BCUT2D eigenvalue weighted by molar-refractivity contribution is 0.487. The quantitative estimate of drug-likeness (QED) is 0.200. The van der Waals surface area contributed by atoms with Gasteiger partial charge in [-0.05, 0) is 90.1 Å². The summed E-state index contributed by atoms with van der Waals surface area (Å²) in [5.41, 5.74) is 9.68. The molecule has 8 aromatic carbocycles. The Morgan fingerprint density at radius 2 is 0.953 bits per heavy atom. The minimum absolute atomic E-state index is 0.906. The molecule has 0 amide bonds. The smallest absolute Gasteiger partial charge is 0.135 e. The Hall–Kier alpha value is -5.66. The van der Waals surface area contributed by atoms with Crippen molar-refractivity contribution in [2.45, 2.75) is 0 Å². The van der Waals surface area contributed by atoms with Gasteiger partial charge in [-0.2, -0.15) is 0 Å². The van der Waals surface area contributed by atoms with Crippen molar-refractivity contribution in [3.8, 4) is 56.0 Å². The van der Waals surface area contributed by atoms with Crippen molar-refractivity contribution in [2.75, 3.05) is 0 Å². The number of hydrogen-bond donors (Lipinski definition) is 0. The van der Waals surface area contributed by atoms with E-state index in [1.807, 2.05) is 0 Å². The maximum Gasteiger partial charge on any atom is 0.135 e. The lowest BCUT2D eigenvalue weighted by atomic mass is 9.88. The molecule has 1 heteroatoms. The van der Waals surface area contributed by atoms with Gasteiger partial charge in [0.15, 0.2) is 0 Å². The third kappa shape index (κ3) is 3.79. The molecule has 0 bridgehead atoms. The fourth-order valence-electron chi connectivity index (χ4n) is 6.83. The van der Waals surface area contributed by atoms with Crippen LogP contribution in [0.15, 0.2) is 158 Å². The zero-order valence-electron chi connectivity index (χ0n) is 23.4. The van der Waals surface area contributed by atoms with Crippen molar-refractivity contribution in [1.29, 1.82) is 0 Å². The average molecular weight is 547 g/mol. The molecular formula is C42H26O. The van der Waals surface area contributed by atoms with Crippen LogP contribution >= 0.6 is 0 Å². The number of hydrogen-bond acceptors (Lipinski definition) is 1. The Bertz CT molecular complexity index is 2340. The summed E-state index contributed by atoms with van der Waals surface area (Å²) in [4.78, 5) is 0. The molecule has 0 aliphatic carbocycles. The topological polar surface area (TPSA) is 9.23 Å². The third-order valence-electron chi connectivity index (χ3n) is 8.85. The highest BCUT2D eigenvalue weighted by Gasteiger charge is 2.20. The molecule has 8 aromatic rings. The van der Waals surface area contributed by atoms with Gasteiger partial charge in [0.1, 0.15) is 11.5 Å². The Balaban J connectivity index is 1.18. The minimum Gasteiger partial charge on any atom is -0.456 e. The zero-order valence-corrected chi connectivity index (χ0v) is 23.4. The second-order valence-corrected chi connectivity index (χ2v) is 11.3. The summed E-state index contributed by atoms with van der Waals surface area (Å²) >= 11 is 0. The number of benzene rings is 8. The normalized spacial score (nSPS) is 11.9. The predicted octanol–water partition coefficient (Wildman–Crippen LogP) is 11.9. The van der Waals surface area contributed by atoms with E-state index in [0.717, 1.165) is 17.1 Å². The van der Waals surface area contributed by atoms with Crippen LogP contribution in [0, 0.1) is 0 Å². The molecule has 200 valence electrons. The van der Waals surface area contributed by atoms with Crippen LogP contribution < -0.4 is 4.74 Å². The van der Waals surface area contributed by atoms with Crippen molar-refractivity contribution < 1.29 is 4.74 Å². The first-order valence-corrected chi connectivity index (χ1v) is 14.8. The predicted molar refractivity (Wildman–Crippen MR) is 181 cm³/mol. The molecule has 43 heavy (non-hydrogen) atoms. The van der Waals surface area contributed by atoms with Gasteiger partial charge in [0, 0.05) is 10.9 Å². The molecule has 0 saturated heterocycles. The van der Waals surface area contributed by atoms with Gasteiger partial charge in [0.05, 0.1) is 0 Å². The summed E-state index contributed by atoms with van der Waals surface area (Å²) in [6.07, 6.45) is 0. The van der Waals surface area contributed by atoms with E-state index in [0.29, 0.717) is 0 Å². The summed E-state index contributed by atoms with van der Waals surface area (Å²) < 4.78 is 6.34. The van der Waals surface area contributed by atoms with E-state index < -0.39 is 0 Å². The van der Waals surface area contributed by atoms with E-state index in [9.17, 15) is 0 Å². The van der Waals surface area contributed by atoms with Crippen LogP contribution in [0.1, 0.15) is 0 Å². The lowest BCUT2D eigenvalue weighted by Crippen LogP contribution is -1.97. The molecule has 0 radical (unpaired) electrons. The van der Waals surface area contributed by atoms with E-state index in [4.69, 9.17) is 4.74 Å². The van der Waals surface area contributed by atoms with E-state index in [1.54, 1.807) is 0 Å². The fourth-order valence-corrected chi connectivity index (χ4v) is 6.83. The maximum atomic E-state index is 6.34. The molecule has 0 atom stereocenters. The second kappa shape index (κ2) is 9.44. The summed E-state index contributed by atoms with van der Waals surface area (Å²) in [5.74, 6) is 1.83. The molecular weight excluding hydrogens is 520 g/mol. The van der Waals surface area contributed by atoms with Crippen molar-refractivity contribution in [3.63, 3.8) is 0 Å². The molecule has 0 fully saturated rings. The fraction of sp³-hybridized carbons (Fsp3) is 0. The Morgan fingerprint density at radius 3 is 1.84 bits per heavy atom. The van der Waals surface area contributed by atoms with Crippen molar-refractivity contribution in [3.05, 3.63) is 158 Å². The summed E-state index contributed by atoms with van der Waals surface area (Å²) in [6.45, 7) is 0. The first-order valence-electron chi connectivity index (χ1n) is 14.8. The molecule has 1 nitrogen and oxygen atoms in total. The Labute approximate surface area is 250 Å². The molecule has 0 saturated carbocycles. The first kappa shape index (κ1) is 24.0. The van der Waals surface area contributed by atoms with E-state index in [1.165, 1.54) is 71.3 Å². The summed E-state index contributed by atoms with van der Waals surface area (Å²) in [6, 6.07) is 56.8. The minimum atomic E-state index is 0.906. The SMILES string of the molecule is c1ccc(-c2cc3ccccc3c3cccc(-c4ccc(-c5ccc6c(c5)-c5cccc7cccc(c57)O6)cc4)c23)cc1. The summed E-state index contributed by atoms with van der Waals surface area (Å²) in [7, 11) is 0. The summed E-state index contributed by atoms with van der Waals surface area (Å²) in [5, 5.41) is 7.50. The second-order valence-electron chi connectivity index (χ2n) is 11.3. The average Bonchev–Trinajstić information content (AvgIpc) is 3.08. The van der Waals surface area contributed by atoms with E-state index in [-0.39, 0.29) is 0 Å². The first-order chi connectivity index (χ1) is 21.3. The van der Waals surface area contributed by atoms with Crippen LogP contribution in [0.4, 0.5) is 0 Å². The molecule has 9 rings (SSSR count). The van der Waals surface area contributed by atoms with Gasteiger partial charge in [-0.3, -0.25) is 0 Å². The van der Waals surface area contributed by atoms with Gasteiger partial charge in [-0.25, -0.2) is 0 Å². The van der Waals surface area contributed by atoms with Gasteiger partial charge >= 0.3 is 0 Å². The number of rotatable bonds is 3. The van der Waals surface area contributed by atoms with Crippen molar-refractivity contribution in [2.24, 2.45) is 0 Å². The molecule has 0 aromatic heterocycles. The molecule has 0 spiro atoms. The molecule has 0 N–H and O–H groups in total. The van der Waals surface area contributed by atoms with Crippen molar-refractivity contribution in [1.82, 2.24) is 0 Å².